The average molecular weight is 581 g/mol. The lowest BCUT2D eigenvalue weighted by molar-refractivity contribution is 0.00693. The van der Waals surface area contributed by atoms with Crippen molar-refractivity contribution >= 4 is 44.3 Å². The third-order valence-electron chi connectivity index (χ3n) is 6.74. The number of fused-ring (bicyclic) bond motifs is 1. The van der Waals surface area contributed by atoms with Gasteiger partial charge in [0.1, 0.15) is 10.6 Å². The van der Waals surface area contributed by atoms with Crippen LogP contribution in [0.5, 0.6) is 0 Å². The van der Waals surface area contributed by atoms with Crippen molar-refractivity contribution in [1.82, 2.24) is 10.6 Å². The monoisotopic (exact) mass is 579 g/mol. The van der Waals surface area contributed by atoms with E-state index in [1.165, 1.54) is 27.4 Å². The van der Waals surface area contributed by atoms with Crippen molar-refractivity contribution in [3.8, 4) is 0 Å². The van der Waals surface area contributed by atoms with Crippen LogP contribution in [0.15, 0.2) is 21.2 Å². The average Bonchev–Trinajstić information content (AvgIpc) is 3.16. The fourth-order valence-electron chi connectivity index (χ4n) is 5.01. The normalized spacial score (nSPS) is 18.9. The molecule has 1 aromatic heterocycles. The van der Waals surface area contributed by atoms with E-state index >= 15 is 0 Å². The van der Waals surface area contributed by atoms with Gasteiger partial charge in [-0.2, -0.15) is 0 Å². The molecule has 1 aromatic rings. The van der Waals surface area contributed by atoms with Crippen molar-refractivity contribution in [1.29, 1.82) is 0 Å². The van der Waals surface area contributed by atoms with Gasteiger partial charge in [-0.05, 0) is 99.9 Å². The zero-order valence-corrected chi connectivity index (χ0v) is 25.1. The fourth-order valence-corrected chi connectivity index (χ4v) is 6.74. The van der Waals surface area contributed by atoms with E-state index in [-0.39, 0.29) is 17.9 Å². The highest BCUT2D eigenvalue weighted by Gasteiger charge is 2.32. The molecule has 1 atom stereocenters. The summed E-state index contributed by atoms with van der Waals surface area (Å²) in [5.41, 5.74) is 4.91. The van der Waals surface area contributed by atoms with Crippen LogP contribution >= 0.6 is 27.3 Å². The first-order valence-corrected chi connectivity index (χ1v) is 14.8. The van der Waals surface area contributed by atoms with Gasteiger partial charge in [-0.15, -0.1) is 11.3 Å². The molecule has 0 bridgehead atoms. The number of allylic oxidation sites excluding steroid dienone is 1. The summed E-state index contributed by atoms with van der Waals surface area (Å²) in [6.45, 7) is 14.3. The van der Waals surface area contributed by atoms with Crippen LogP contribution in [0, 0.1) is 0 Å². The Morgan fingerprint density at radius 1 is 1.25 bits per heavy atom. The minimum absolute atomic E-state index is 0.269. The van der Waals surface area contributed by atoms with Gasteiger partial charge in [0.2, 0.25) is 0 Å². The van der Waals surface area contributed by atoms with Crippen LogP contribution in [-0.4, -0.2) is 37.2 Å². The highest BCUT2D eigenvalue weighted by atomic mass is 79.9. The third kappa shape index (κ3) is 7.45. The van der Waals surface area contributed by atoms with E-state index in [9.17, 15) is 9.59 Å². The minimum atomic E-state index is -0.603. The summed E-state index contributed by atoms with van der Waals surface area (Å²) in [6, 6.07) is -0.304. The fraction of sp³-hybridized carbons (Fsp3) is 0.643. The van der Waals surface area contributed by atoms with Crippen LogP contribution < -0.4 is 16.0 Å². The van der Waals surface area contributed by atoms with Gasteiger partial charge in [0.05, 0.1) is 5.56 Å². The van der Waals surface area contributed by atoms with Crippen LogP contribution in [0.25, 0.3) is 0 Å². The number of unbranched alkanes of at least 4 members (excludes halogenated alkanes) is 1. The van der Waals surface area contributed by atoms with E-state index in [4.69, 9.17) is 4.74 Å². The Balaban J connectivity index is 1.80. The SMILES string of the molecule is CCCCC1=C(/C(CNC(=O)Nc2sc3c(c2C(=O)OC(C)(C)C)C(C)CCC3)=C(\C)Br)CCNC1. The topological polar surface area (TPSA) is 79.5 Å². The molecule has 0 saturated carbocycles. The second kappa shape index (κ2) is 12.7. The highest BCUT2D eigenvalue weighted by molar-refractivity contribution is 9.11. The molecule has 2 aliphatic rings. The number of urea groups is 1. The number of esters is 1. The van der Waals surface area contributed by atoms with Gasteiger partial charge < -0.3 is 15.4 Å². The molecule has 36 heavy (non-hydrogen) atoms. The molecule has 200 valence electrons. The third-order valence-corrected chi connectivity index (χ3v) is 8.40. The molecule has 2 amide bonds. The maximum Gasteiger partial charge on any atom is 0.341 e. The van der Waals surface area contributed by atoms with E-state index in [0.29, 0.717) is 17.1 Å². The molecule has 0 fully saturated rings. The molecule has 0 radical (unpaired) electrons. The summed E-state index contributed by atoms with van der Waals surface area (Å²) < 4.78 is 6.79. The van der Waals surface area contributed by atoms with E-state index < -0.39 is 5.60 Å². The van der Waals surface area contributed by atoms with E-state index in [1.54, 1.807) is 0 Å². The van der Waals surface area contributed by atoms with Crippen LogP contribution in [-0.2, 0) is 11.2 Å². The Bertz CT molecular complexity index is 1030. The number of aryl methyl sites for hydroxylation is 1. The molecule has 3 rings (SSSR count). The number of nitrogens with one attached hydrogen (secondary N) is 3. The van der Waals surface area contributed by atoms with E-state index in [2.05, 4.69) is 45.7 Å². The maximum absolute atomic E-state index is 13.2. The predicted molar refractivity (Wildman–Crippen MR) is 154 cm³/mol. The van der Waals surface area contributed by atoms with Crippen LogP contribution in [0.2, 0.25) is 0 Å². The highest BCUT2D eigenvalue weighted by Crippen LogP contribution is 2.44. The summed E-state index contributed by atoms with van der Waals surface area (Å²) in [5, 5.41) is 10.1. The van der Waals surface area contributed by atoms with E-state index in [0.717, 1.165) is 73.7 Å². The van der Waals surface area contributed by atoms with Gasteiger partial charge in [0, 0.05) is 18.0 Å². The molecular formula is C28H42BrN3O3S. The smallest absolute Gasteiger partial charge is 0.341 e. The molecule has 2 heterocycles. The zero-order valence-electron chi connectivity index (χ0n) is 22.7. The van der Waals surface area contributed by atoms with Gasteiger partial charge in [-0.1, -0.05) is 41.8 Å². The molecule has 1 aliphatic carbocycles. The number of ether oxygens (including phenoxy) is 1. The first-order chi connectivity index (χ1) is 17.0. The van der Waals surface area contributed by atoms with Crippen molar-refractivity contribution in [2.45, 2.75) is 98.0 Å². The van der Waals surface area contributed by atoms with Crippen molar-refractivity contribution in [2.24, 2.45) is 0 Å². The van der Waals surface area contributed by atoms with Crippen LogP contribution in [0.4, 0.5) is 9.80 Å². The Kier molecular flexibility index (Phi) is 10.2. The second-order valence-corrected chi connectivity index (χ2v) is 13.2. The number of amides is 2. The maximum atomic E-state index is 13.2. The molecule has 0 spiro atoms. The summed E-state index contributed by atoms with van der Waals surface area (Å²) in [5.74, 6) is -0.0912. The number of hydrogen-bond donors (Lipinski definition) is 3. The molecule has 1 unspecified atom stereocenters. The van der Waals surface area contributed by atoms with Crippen molar-refractivity contribution in [3.05, 3.63) is 37.2 Å². The predicted octanol–water partition coefficient (Wildman–Crippen LogP) is 7.41. The Morgan fingerprint density at radius 3 is 2.67 bits per heavy atom. The number of halogens is 1. The van der Waals surface area contributed by atoms with Gasteiger partial charge in [0.15, 0.2) is 0 Å². The summed E-state index contributed by atoms with van der Waals surface area (Å²) in [6.07, 6.45) is 7.42. The number of carbonyl (C=O) groups is 2. The number of rotatable bonds is 8. The molecule has 0 aromatic carbocycles. The van der Waals surface area contributed by atoms with Crippen LogP contribution in [0.1, 0.15) is 107 Å². The van der Waals surface area contributed by atoms with Crippen molar-refractivity contribution in [2.75, 3.05) is 25.0 Å². The summed E-state index contributed by atoms with van der Waals surface area (Å²) >= 11 is 5.20. The summed E-state index contributed by atoms with van der Waals surface area (Å²) in [7, 11) is 0. The van der Waals surface area contributed by atoms with Gasteiger partial charge in [0.25, 0.3) is 0 Å². The zero-order chi connectivity index (χ0) is 26.5. The van der Waals surface area contributed by atoms with E-state index in [1.807, 2.05) is 27.7 Å². The number of thiophene rings is 1. The first-order valence-electron chi connectivity index (χ1n) is 13.2. The molecule has 1 aliphatic heterocycles. The quantitative estimate of drug-likeness (QED) is 0.280. The standard InChI is InChI=1S/C28H42BrN3O3S/c1-7-8-11-19-15-30-14-13-20(19)21(18(3)29)16-31-27(34)32-25-24(26(33)35-28(4,5)6)23-17(2)10-9-12-22(23)36-25/h17,30H,7-16H2,1-6H3,(H2,31,32,34)/b21-18+. The Labute approximate surface area is 228 Å². The largest absolute Gasteiger partial charge is 0.456 e. The minimum Gasteiger partial charge on any atom is -0.456 e. The molecule has 8 heteroatoms. The summed E-state index contributed by atoms with van der Waals surface area (Å²) in [4.78, 5) is 27.5. The first kappa shape index (κ1) is 28.9. The number of hydrogen-bond acceptors (Lipinski definition) is 5. The lowest BCUT2D eigenvalue weighted by Gasteiger charge is -2.25. The molecule has 3 N–H and O–H groups in total. The van der Waals surface area contributed by atoms with Crippen molar-refractivity contribution in [3.63, 3.8) is 0 Å². The van der Waals surface area contributed by atoms with Gasteiger partial charge in [-0.3, -0.25) is 5.32 Å². The number of anilines is 1. The molecular weight excluding hydrogens is 538 g/mol. The lowest BCUT2D eigenvalue weighted by Crippen LogP contribution is -2.33. The Morgan fingerprint density at radius 2 is 2.00 bits per heavy atom. The molecule has 6 nitrogen and oxygen atoms in total. The Hall–Kier alpha value is -1.64. The number of carbonyl (C=O) groups excluding carboxylic acids is 2. The van der Waals surface area contributed by atoms with Gasteiger partial charge >= 0.3 is 12.0 Å². The lowest BCUT2D eigenvalue weighted by atomic mass is 9.86. The van der Waals surface area contributed by atoms with Gasteiger partial charge in [-0.25, -0.2) is 9.59 Å². The van der Waals surface area contributed by atoms with Crippen molar-refractivity contribution < 1.29 is 14.3 Å². The second-order valence-electron chi connectivity index (χ2n) is 10.9. The molecule has 0 saturated heterocycles. The van der Waals surface area contributed by atoms with Crippen LogP contribution in [0.3, 0.4) is 0 Å².